The largest absolute Gasteiger partial charge is 0.383 e. The first-order valence-electron chi connectivity index (χ1n) is 8.92. The molecule has 1 fully saturated rings. The topological polar surface area (TPSA) is 70.8 Å². The van der Waals surface area contributed by atoms with Gasteiger partial charge in [0, 0.05) is 57.3 Å². The van der Waals surface area contributed by atoms with E-state index in [4.69, 9.17) is 9.26 Å². The van der Waals surface area contributed by atoms with E-state index >= 15 is 0 Å². The highest BCUT2D eigenvalue weighted by atomic mass is 16.5. The van der Waals surface area contributed by atoms with Gasteiger partial charge in [0.2, 0.25) is 5.91 Å². The lowest BCUT2D eigenvalue weighted by Crippen LogP contribution is -2.47. The Kier molecular flexibility index (Phi) is 6.25. The van der Waals surface area contributed by atoms with Crippen molar-refractivity contribution in [3.05, 3.63) is 41.8 Å². The fraction of sp³-hybridized carbons (Fsp3) is 0.474. The van der Waals surface area contributed by atoms with Gasteiger partial charge >= 0.3 is 0 Å². The van der Waals surface area contributed by atoms with Crippen molar-refractivity contribution in [1.82, 2.24) is 10.1 Å². The predicted octanol–water partition coefficient (Wildman–Crippen LogP) is 1.93. The molecule has 2 heterocycles. The third-order valence-corrected chi connectivity index (χ3v) is 4.52. The number of anilines is 2. The monoisotopic (exact) mass is 358 g/mol. The summed E-state index contributed by atoms with van der Waals surface area (Å²) < 4.78 is 10.1. The van der Waals surface area contributed by atoms with Crippen LogP contribution in [0.25, 0.3) is 0 Å². The molecule has 140 valence electrons. The van der Waals surface area contributed by atoms with Crippen molar-refractivity contribution < 1.29 is 14.1 Å². The molecule has 1 aliphatic rings. The van der Waals surface area contributed by atoms with Crippen LogP contribution in [-0.2, 0) is 16.0 Å². The zero-order valence-corrected chi connectivity index (χ0v) is 15.4. The highest BCUT2D eigenvalue weighted by Crippen LogP contribution is 2.19. The summed E-state index contributed by atoms with van der Waals surface area (Å²) in [4.78, 5) is 16.9. The van der Waals surface area contributed by atoms with Crippen LogP contribution in [0.2, 0.25) is 0 Å². The third kappa shape index (κ3) is 5.06. The Labute approximate surface area is 153 Å². The molecule has 1 N–H and O–H groups in total. The summed E-state index contributed by atoms with van der Waals surface area (Å²) in [7, 11) is 1.74. The van der Waals surface area contributed by atoms with Gasteiger partial charge in [0.15, 0.2) is 0 Å². The second-order valence-electron chi connectivity index (χ2n) is 6.52. The fourth-order valence-corrected chi connectivity index (χ4v) is 3.08. The van der Waals surface area contributed by atoms with Gasteiger partial charge in [-0.3, -0.25) is 9.69 Å². The average Bonchev–Trinajstić information content (AvgIpc) is 3.05. The van der Waals surface area contributed by atoms with Gasteiger partial charge in [-0.1, -0.05) is 5.16 Å². The van der Waals surface area contributed by atoms with Gasteiger partial charge in [0.1, 0.15) is 5.76 Å². The Morgan fingerprint density at radius 2 is 1.96 bits per heavy atom. The number of hydrogen-bond acceptors (Lipinski definition) is 6. The van der Waals surface area contributed by atoms with Gasteiger partial charge in [-0.2, -0.15) is 0 Å². The molecule has 1 saturated heterocycles. The number of aromatic nitrogens is 1. The molecule has 0 spiro atoms. The summed E-state index contributed by atoms with van der Waals surface area (Å²) in [5.41, 5.74) is 2.61. The minimum absolute atomic E-state index is 0.0993. The van der Waals surface area contributed by atoms with E-state index < -0.39 is 0 Å². The van der Waals surface area contributed by atoms with Crippen LogP contribution in [0.4, 0.5) is 11.4 Å². The molecule has 2 aromatic rings. The summed E-state index contributed by atoms with van der Waals surface area (Å²) in [5, 5.41) is 6.74. The SMILES string of the molecule is COCCN1CCN(c2ccc(NC(=O)Cc3cc(C)on3)cc2)CC1. The first kappa shape index (κ1) is 18.4. The Morgan fingerprint density at radius 1 is 1.23 bits per heavy atom. The van der Waals surface area contributed by atoms with Crippen molar-refractivity contribution in [3.8, 4) is 0 Å². The standard InChI is InChI=1S/C19H26N4O3/c1-15-13-17(21-26-15)14-19(24)20-16-3-5-18(6-4-16)23-9-7-22(8-10-23)11-12-25-2/h3-6,13H,7-12,14H2,1-2H3,(H,20,24). The van der Waals surface area contributed by atoms with Crippen LogP contribution < -0.4 is 10.2 Å². The Bertz CT molecular complexity index is 706. The molecule has 1 amide bonds. The van der Waals surface area contributed by atoms with Gasteiger partial charge in [-0.25, -0.2) is 0 Å². The lowest BCUT2D eigenvalue weighted by molar-refractivity contribution is -0.115. The maximum atomic E-state index is 12.1. The second kappa shape index (κ2) is 8.82. The van der Waals surface area contributed by atoms with Gasteiger partial charge in [-0.05, 0) is 31.2 Å². The van der Waals surface area contributed by atoms with Crippen LogP contribution in [-0.4, -0.2) is 62.4 Å². The molecule has 0 bridgehead atoms. The summed E-state index contributed by atoms with van der Waals surface area (Å²) in [5.74, 6) is 0.609. The maximum Gasteiger partial charge on any atom is 0.230 e. The first-order chi connectivity index (χ1) is 12.6. The van der Waals surface area contributed by atoms with Crippen molar-refractivity contribution in [1.29, 1.82) is 0 Å². The molecule has 0 saturated carbocycles. The first-order valence-corrected chi connectivity index (χ1v) is 8.92. The van der Waals surface area contributed by atoms with Crippen molar-refractivity contribution in [2.24, 2.45) is 0 Å². The van der Waals surface area contributed by atoms with Gasteiger partial charge in [-0.15, -0.1) is 0 Å². The number of benzene rings is 1. The number of hydrogen-bond donors (Lipinski definition) is 1. The van der Waals surface area contributed by atoms with Crippen LogP contribution in [0.1, 0.15) is 11.5 Å². The Hall–Kier alpha value is -2.38. The van der Waals surface area contributed by atoms with E-state index in [0.717, 1.165) is 45.0 Å². The fourth-order valence-electron chi connectivity index (χ4n) is 3.08. The van der Waals surface area contributed by atoms with E-state index in [9.17, 15) is 4.79 Å². The second-order valence-corrected chi connectivity index (χ2v) is 6.52. The van der Waals surface area contributed by atoms with Crippen molar-refractivity contribution in [3.63, 3.8) is 0 Å². The molecule has 26 heavy (non-hydrogen) atoms. The number of nitrogens with zero attached hydrogens (tertiary/aromatic N) is 3. The number of methoxy groups -OCH3 is 1. The van der Waals surface area contributed by atoms with Crippen LogP contribution in [0.3, 0.4) is 0 Å². The van der Waals surface area contributed by atoms with Crippen LogP contribution in [0, 0.1) is 6.92 Å². The van der Waals surface area contributed by atoms with E-state index in [1.54, 1.807) is 13.2 Å². The number of aryl methyl sites for hydroxylation is 1. The number of nitrogens with one attached hydrogen (secondary N) is 1. The molecule has 1 aromatic carbocycles. The quantitative estimate of drug-likeness (QED) is 0.816. The Morgan fingerprint density at radius 3 is 2.58 bits per heavy atom. The molecule has 0 aliphatic carbocycles. The zero-order valence-electron chi connectivity index (χ0n) is 15.4. The van der Waals surface area contributed by atoms with Crippen LogP contribution in [0.5, 0.6) is 0 Å². The van der Waals surface area contributed by atoms with Crippen LogP contribution in [0.15, 0.2) is 34.9 Å². The van der Waals surface area contributed by atoms with E-state index in [2.05, 4.69) is 32.4 Å². The number of amides is 1. The minimum Gasteiger partial charge on any atom is -0.383 e. The molecular formula is C19H26N4O3. The van der Waals surface area contributed by atoms with Crippen molar-refractivity contribution in [2.75, 3.05) is 56.7 Å². The third-order valence-electron chi connectivity index (χ3n) is 4.52. The highest BCUT2D eigenvalue weighted by molar-refractivity contribution is 5.92. The highest BCUT2D eigenvalue weighted by Gasteiger charge is 2.17. The molecule has 0 radical (unpaired) electrons. The summed E-state index contributed by atoms with van der Waals surface area (Å²) in [6.45, 7) is 7.66. The predicted molar refractivity (Wildman–Crippen MR) is 101 cm³/mol. The Balaban J connectivity index is 1.48. The van der Waals surface area contributed by atoms with E-state index in [-0.39, 0.29) is 12.3 Å². The molecule has 7 heteroatoms. The molecular weight excluding hydrogens is 332 g/mol. The smallest absolute Gasteiger partial charge is 0.230 e. The normalized spacial score (nSPS) is 15.2. The lowest BCUT2D eigenvalue weighted by Gasteiger charge is -2.36. The molecule has 7 nitrogen and oxygen atoms in total. The number of piperazine rings is 1. The summed E-state index contributed by atoms with van der Waals surface area (Å²) in [6.07, 6.45) is 0.211. The minimum atomic E-state index is -0.0993. The molecule has 1 aliphatic heterocycles. The van der Waals surface area contributed by atoms with Gasteiger partial charge < -0.3 is 19.5 Å². The average molecular weight is 358 g/mol. The molecule has 3 rings (SSSR count). The van der Waals surface area contributed by atoms with E-state index in [1.165, 1.54) is 5.69 Å². The van der Waals surface area contributed by atoms with Crippen LogP contribution >= 0.6 is 0 Å². The molecule has 0 atom stereocenters. The molecule has 0 unspecified atom stereocenters. The van der Waals surface area contributed by atoms with E-state index in [1.807, 2.05) is 19.1 Å². The lowest BCUT2D eigenvalue weighted by atomic mass is 10.2. The summed E-state index contributed by atoms with van der Waals surface area (Å²) in [6, 6.07) is 9.77. The van der Waals surface area contributed by atoms with Gasteiger partial charge in [0.05, 0.1) is 18.7 Å². The maximum absolute atomic E-state index is 12.1. The summed E-state index contributed by atoms with van der Waals surface area (Å²) >= 11 is 0. The number of rotatable bonds is 7. The number of carbonyl (C=O) groups is 1. The van der Waals surface area contributed by atoms with Gasteiger partial charge in [0.25, 0.3) is 0 Å². The van der Waals surface area contributed by atoms with Crippen molar-refractivity contribution in [2.45, 2.75) is 13.3 Å². The van der Waals surface area contributed by atoms with E-state index in [0.29, 0.717) is 11.5 Å². The number of ether oxygens (including phenoxy) is 1. The zero-order chi connectivity index (χ0) is 18.4. The van der Waals surface area contributed by atoms with Crippen molar-refractivity contribution >= 4 is 17.3 Å². The number of carbonyl (C=O) groups excluding carboxylic acids is 1. The molecule has 1 aromatic heterocycles.